The van der Waals surface area contributed by atoms with Crippen LogP contribution < -0.4 is 14.2 Å². The van der Waals surface area contributed by atoms with E-state index in [1.807, 2.05) is 51.0 Å². The van der Waals surface area contributed by atoms with Crippen LogP contribution in [0.5, 0.6) is 17.2 Å². The number of hydrogen-bond donors (Lipinski definition) is 1. The molecule has 0 spiro atoms. The van der Waals surface area contributed by atoms with Gasteiger partial charge in [0, 0.05) is 18.7 Å². The molecule has 1 fully saturated rings. The van der Waals surface area contributed by atoms with E-state index < -0.39 is 17.7 Å². The van der Waals surface area contributed by atoms with Crippen LogP contribution in [0.25, 0.3) is 5.76 Å². The zero-order chi connectivity index (χ0) is 28.4. The highest BCUT2D eigenvalue weighted by Crippen LogP contribution is 2.42. The van der Waals surface area contributed by atoms with Crippen LogP contribution in [0.2, 0.25) is 0 Å². The van der Waals surface area contributed by atoms with Gasteiger partial charge in [0.05, 0.1) is 31.4 Å². The summed E-state index contributed by atoms with van der Waals surface area (Å²) in [5.74, 6) is 0.272. The van der Waals surface area contributed by atoms with Gasteiger partial charge in [0.15, 0.2) is 11.5 Å². The second-order valence-corrected chi connectivity index (χ2v) is 9.86. The van der Waals surface area contributed by atoms with Gasteiger partial charge in [0.25, 0.3) is 11.7 Å². The molecular weight excluding hydrogens is 496 g/mol. The number of rotatable bonds is 15. The van der Waals surface area contributed by atoms with Crippen LogP contribution in [0.1, 0.15) is 63.6 Å². The molecule has 2 aromatic carbocycles. The molecule has 1 unspecified atom stereocenters. The van der Waals surface area contributed by atoms with Gasteiger partial charge in [-0.25, -0.2) is 0 Å². The number of ketones is 1. The van der Waals surface area contributed by atoms with Gasteiger partial charge in [-0.2, -0.15) is 0 Å². The highest BCUT2D eigenvalue weighted by Gasteiger charge is 2.46. The maximum absolute atomic E-state index is 13.3. The maximum atomic E-state index is 13.3. The lowest BCUT2D eigenvalue weighted by molar-refractivity contribution is -0.140. The van der Waals surface area contributed by atoms with Crippen molar-refractivity contribution in [1.82, 2.24) is 9.80 Å². The molecule has 0 saturated carbocycles. The molecule has 0 aliphatic carbocycles. The van der Waals surface area contributed by atoms with E-state index in [2.05, 4.69) is 6.92 Å². The van der Waals surface area contributed by atoms with Crippen molar-refractivity contribution in [3.8, 4) is 17.2 Å². The number of carbonyl (C=O) groups excluding carboxylic acids is 2. The lowest BCUT2D eigenvalue weighted by atomic mass is 9.95. The summed E-state index contributed by atoms with van der Waals surface area (Å²) in [5.41, 5.74) is 1.16. The van der Waals surface area contributed by atoms with E-state index in [0.29, 0.717) is 61.3 Å². The number of likely N-dealkylation sites (tertiary alicyclic amines) is 1. The smallest absolute Gasteiger partial charge is 0.295 e. The molecule has 0 aromatic heterocycles. The van der Waals surface area contributed by atoms with Gasteiger partial charge in [-0.3, -0.25) is 9.59 Å². The zero-order valence-electron chi connectivity index (χ0n) is 23.9. The highest BCUT2D eigenvalue weighted by atomic mass is 16.5. The number of nitrogens with zero attached hydrogens (tertiary/aromatic N) is 2. The Kier molecular flexibility index (Phi) is 11.2. The quantitative estimate of drug-likeness (QED) is 0.140. The molecule has 1 aliphatic heterocycles. The Morgan fingerprint density at radius 2 is 1.64 bits per heavy atom. The van der Waals surface area contributed by atoms with Gasteiger partial charge in [-0.1, -0.05) is 32.8 Å². The second-order valence-electron chi connectivity index (χ2n) is 9.86. The van der Waals surface area contributed by atoms with Crippen molar-refractivity contribution in [2.75, 3.05) is 47.0 Å². The summed E-state index contributed by atoms with van der Waals surface area (Å²) < 4.78 is 17.5. The highest BCUT2D eigenvalue weighted by molar-refractivity contribution is 6.46. The number of ether oxygens (including phenoxy) is 3. The van der Waals surface area contributed by atoms with Crippen LogP contribution >= 0.6 is 0 Å². The maximum Gasteiger partial charge on any atom is 0.295 e. The van der Waals surface area contributed by atoms with Crippen LogP contribution in [-0.2, 0) is 9.59 Å². The number of aliphatic hydroxyl groups is 1. The number of unbranched alkanes of at least 4 members (excludes halogenated alkanes) is 2. The molecule has 1 amide bonds. The normalized spacial score (nSPS) is 16.7. The van der Waals surface area contributed by atoms with Gasteiger partial charge >= 0.3 is 0 Å². The van der Waals surface area contributed by atoms with Crippen molar-refractivity contribution in [2.45, 2.75) is 52.5 Å². The summed E-state index contributed by atoms with van der Waals surface area (Å²) in [5, 5.41) is 11.4. The molecule has 1 atom stereocenters. The first-order valence-corrected chi connectivity index (χ1v) is 13.9. The van der Waals surface area contributed by atoms with Gasteiger partial charge in [-0.05, 0) is 75.8 Å². The molecule has 1 saturated heterocycles. The van der Waals surface area contributed by atoms with Gasteiger partial charge in [0.1, 0.15) is 11.5 Å². The summed E-state index contributed by atoms with van der Waals surface area (Å²) in [6, 6.07) is 11.6. The molecule has 8 nitrogen and oxygen atoms in total. The summed E-state index contributed by atoms with van der Waals surface area (Å²) in [4.78, 5) is 30.1. The van der Waals surface area contributed by atoms with E-state index in [0.717, 1.165) is 25.7 Å². The van der Waals surface area contributed by atoms with Crippen molar-refractivity contribution >= 4 is 17.4 Å². The Labute approximate surface area is 232 Å². The first-order valence-electron chi connectivity index (χ1n) is 13.9. The van der Waals surface area contributed by atoms with E-state index in [-0.39, 0.29) is 11.3 Å². The summed E-state index contributed by atoms with van der Waals surface area (Å²) in [7, 11) is 3.82. The first kappa shape index (κ1) is 30.0. The molecule has 212 valence electrons. The van der Waals surface area contributed by atoms with E-state index in [1.54, 1.807) is 24.3 Å². The molecule has 0 bridgehead atoms. The average molecular weight is 539 g/mol. The molecular formula is C31H42N2O6. The number of carbonyl (C=O) groups is 2. The topological polar surface area (TPSA) is 88.5 Å². The van der Waals surface area contributed by atoms with E-state index in [1.165, 1.54) is 4.90 Å². The van der Waals surface area contributed by atoms with Crippen molar-refractivity contribution in [3.63, 3.8) is 0 Å². The Morgan fingerprint density at radius 1 is 0.897 bits per heavy atom. The number of Topliss-reactive ketones (excluding diaryl/α,β-unsaturated/α-hetero) is 1. The third kappa shape index (κ3) is 7.53. The van der Waals surface area contributed by atoms with E-state index in [9.17, 15) is 14.7 Å². The SMILES string of the molecule is CCCCCOc1ccc(C2C(=C(O)c3ccc(OCCC)cc3)C(=O)C(=O)N2CCN(C)C)cc1OCC. The molecule has 1 N–H and O–H groups in total. The van der Waals surface area contributed by atoms with Gasteiger partial charge < -0.3 is 29.1 Å². The van der Waals surface area contributed by atoms with Crippen molar-refractivity contribution in [3.05, 3.63) is 59.2 Å². The third-order valence-corrected chi connectivity index (χ3v) is 6.52. The Hall–Kier alpha value is -3.52. The van der Waals surface area contributed by atoms with E-state index in [4.69, 9.17) is 14.2 Å². The van der Waals surface area contributed by atoms with Crippen LogP contribution in [-0.4, -0.2) is 73.6 Å². The second kappa shape index (κ2) is 14.6. The fraction of sp³-hybridized carbons (Fsp3) is 0.484. The average Bonchev–Trinajstić information content (AvgIpc) is 3.18. The van der Waals surface area contributed by atoms with Crippen molar-refractivity contribution in [1.29, 1.82) is 0 Å². The molecule has 39 heavy (non-hydrogen) atoms. The number of aliphatic hydroxyl groups excluding tert-OH is 1. The molecule has 3 rings (SSSR count). The number of likely N-dealkylation sites (N-methyl/N-ethyl adjacent to an activating group) is 1. The molecule has 1 heterocycles. The van der Waals surface area contributed by atoms with Crippen LogP contribution in [0.15, 0.2) is 48.0 Å². The number of hydrogen-bond acceptors (Lipinski definition) is 7. The minimum Gasteiger partial charge on any atom is -0.507 e. The zero-order valence-corrected chi connectivity index (χ0v) is 23.9. The standard InChI is InChI=1S/C31H42N2O6/c1-6-9-10-20-39-25-16-13-23(21-26(25)37-8-3)28-27(30(35)31(36)33(28)18-17-32(4)5)29(34)22-11-14-24(15-12-22)38-19-7-2/h11-16,21,28,34H,6-10,17-20H2,1-5H3. The predicted molar refractivity (Wildman–Crippen MR) is 152 cm³/mol. The van der Waals surface area contributed by atoms with Crippen molar-refractivity contribution < 1.29 is 28.9 Å². The van der Waals surface area contributed by atoms with Crippen LogP contribution in [0, 0.1) is 0 Å². The number of benzene rings is 2. The fourth-order valence-corrected chi connectivity index (χ4v) is 4.47. The fourth-order valence-electron chi connectivity index (χ4n) is 4.47. The minimum atomic E-state index is -0.769. The predicted octanol–water partition coefficient (Wildman–Crippen LogP) is 5.43. The lowest BCUT2D eigenvalue weighted by Gasteiger charge is -2.27. The lowest BCUT2D eigenvalue weighted by Crippen LogP contribution is -2.35. The summed E-state index contributed by atoms with van der Waals surface area (Å²) in [6.07, 6.45) is 4.00. The first-order chi connectivity index (χ1) is 18.8. The minimum absolute atomic E-state index is 0.0556. The number of amides is 1. The monoisotopic (exact) mass is 538 g/mol. The van der Waals surface area contributed by atoms with E-state index >= 15 is 0 Å². The Balaban J connectivity index is 2.05. The van der Waals surface area contributed by atoms with Gasteiger partial charge in [0.2, 0.25) is 0 Å². The molecule has 1 aliphatic rings. The molecule has 8 heteroatoms. The summed E-state index contributed by atoms with van der Waals surface area (Å²) >= 11 is 0. The van der Waals surface area contributed by atoms with Crippen molar-refractivity contribution in [2.24, 2.45) is 0 Å². The Bertz CT molecular complexity index is 1140. The molecule has 2 aromatic rings. The largest absolute Gasteiger partial charge is 0.507 e. The Morgan fingerprint density at radius 3 is 2.28 bits per heavy atom. The van der Waals surface area contributed by atoms with Crippen LogP contribution in [0.4, 0.5) is 0 Å². The third-order valence-electron chi connectivity index (χ3n) is 6.52. The molecule has 0 radical (unpaired) electrons. The van der Waals surface area contributed by atoms with Crippen LogP contribution in [0.3, 0.4) is 0 Å². The van der Waals surface area contributed by atoms with Gasteiger partial charge in [-0.15, -0.1) is 0 Å². The summed E-state index contributed by atoms with van der Waals surface area (Å²) in [6.45, 7) is 8.54.